The number of alkyl halides is 3. The van der Waals surface area contributed by atoms with Gasteiger partial charge in [-0.25, -0.2) is 8.42 Å². The third-order valence-electron chi connectivity index (χ3n) is 4.72. The number of aryl methyl sites for hydroxylation is 1. The lowest BCUT2D eigenvalue weighted by molar-refractivity contribution is -0.137. The molecular weight excluding hydrogens is 457 g/mol. The minimum absolute atomic E-state index is 0.155. The fraction of sp³-hybridized carbons (Fsp3) is 0.182. The highest BCUT2D eigenvalue weighted by molar-refractivity contribution is 7.92. The van der Waals surface area contributed by atoms with Crippen molar-refractivity contribution in [1.29, 1.82) is 0 Å². The minimum atomic E-state index is -4.73. The molecule has 0 unspecified atom stereocenters. The Hall–Kier alpha value is -3.60. The van der Waals surface area contributed by atoms with Crippen LogP contribution in [0.2, 0.25) is 0 Å². The summed E-state index contributed by atoms with van der Waals surface area (Å²) in [5.41, 5.74) is -0.179. The van der Waals surface area contributed by atoms with E-state index in [2.05, 4.69) is 21.7 Å². The first-order valence-corrected chi connectivity index (χ1v) is 11.2. The van der Waals surface area contributed by atoms with Crippen LogP contribution in [0.3, 0.4) is 0 Å². The number of nitrogens with zero attached hydrogens (tertiary/aromatic N) is 2. The van der Waals surface area contributed by atoms with Crippen molar-refractivity contribution in [2.24, 2.45) is 7.05 Å². The van der Waals surface area contributed by atoms with Gasteiger partial charge in [-0.05, 0) is 35.8 Å². The zero-order chi connectivity index (χ0) is 24.2. The summed E-state index contributed by atoms with van der Waals surface area (Å²) in [5, 5.41) is 6.35. The average Bonchev–Trinajstić information content (AvgIpc) is 3.20. The Bertz CT molecular complexity index is 1270. The van der Waals surface area contributed by atoms with E-state index >= 15 is 0 Å². The highest BCUT2D eigenvalue weighted by Crippen LogP contribution is 2.33. The van der Waals surface area contributed by atoms with Gasteiger partial charge in [0, 0.05) is 19.8 Å². The van der Waals surface area contributed by atoms with Gasteiger partial charge in [0.15, 0.2) is 0 Å². The number of hydrogen-bond acceptors (Lipinski definition) is 4. The average molecular weight is 478 g/mol. The number of rotatable bonds is 8. The first-order chi connectivity index (χ1) is 15.5. The van der Waals surface area contributed by atoms with Gasteiger partial charge in [0.1, 0.15) is 4.90 Å². The first-order valence-electron chi connectivity index (χ1n) is 9.71. The molecule has 1 aromatic heterocycles. The monoisotopic (exact) mass is 478 g/mol. The van der Waals surface area contributed by atoms with Crippen LogP contribution in [0.25, 0.3) is 5.57 Å². The van der Waals surface area contributed by atoms with Crippen LogP contribution in [0.1, 0.15) is 27.9 Å². The fourth-order valence-corrected chi connectivity index (χ4v) is 4.04. The molecule has 1 heterocycles. The number of aromatic nitrogens is 2. The molecule has 0 aliphatic carbocycles. The van der Waals surface area contributed by atoms with Crippen molar-refractivity contribution in [3.8, 4) is 0 Å². The Morgan fingerprint density at radius 3 is 2.45 bits per heavy atom. The van der Waals surface area contributed by atoms with Crippen molar-refractivity contribution in [3.63, 3.8) is 0 Å². The van der Waals surface area contributed by atoms with Crippen LogP contribution in [-0.2, 0) is 23.2 Å². The van der Waals surface area contributed by atoms with Crippen LogP contribution >= 0.6 is 0 Å². The van der Waals surface area contributed by atoms with Gasteiger partial charge in [-0.15, -0.1) is 0 Å². The highest BCUT2D eigenvalue weighted by Gasteiger charge is 2.32. The molecule has 0 saturated carbocycles. The van der Waals surface area contributed by atoms with Crippen LogP contribution in [0.15, 0.2) is 72.4 Å². The van der Waals surface area contributed by atoms with E-state index in [1.54, 1.807) is 0 Å². The molecule has 0 fully saturated rings. The van der Waals surface area contributed by atoms with E-state index in [-0.39, 0.29) is 17.0 Å². The number of carbonyl (C=O) groups is 1. The van der Waals surface area contributed by atoms with Crippen LogP contribution in [0, 0.1) is 0 Å². The van der Waals surface area contributed by atoms with E-state index in [1.807, 2.05) is 30.3 Å². The molecule has 2 aromatic carbocycles. The molecule has 0 aliphatic rings. The third-order valence-corrected chi connectivity index (χ3v) is 6.04. The fourth-order valence-electron chi connectivity index (χ4n) is 2.98. The Labute approximate surface area is 189 Å². The van der Waals surface area contributed by atoms with Gasteiger partial charge >= 0.3 is 6.18 Å². The van der Waals surface area contributed by atoms with Crippen molar-refractivity contribution in [2.75, 3.05) is 11.3 Å². The number of nitrogens with one attached hydrogen (secondary N) is 2. The second-order valence-corrected chi connectivity index (χ2v) is 8.87. The lowest BCUT2D eigenvalue weighted by Gasteiger charge is -2.15. The predicted octanol–water partition coefficient (Wildman–Crippen LogP) is 4.07. The predicted molar refractivity (Wildman–Crippen MR) is 118 cm³/mol. The van der Waals surface area contributed by atoms with E-state index < -0.39 is 33.4 Å². The van der Waals surface area contributed by atoms with Gasteiger partial charge in [0.25, 0.3) is 15.9 Å². The summed E-state index contributed by atoms with van der Waals surface area (Å²) in [5.74, 6) is -0.728. The molecule has 3 rings (SSSR count). The normalized spacial score (nSPS) is 11.8. The lowest BCUT2D eigenvalue weighted by atomic mass is 10.0. The number of anilines is 1. The Morgan fingerprint density at radius 1 is 1.15 bits per heavy atom. The second kappa shape index (κ2) is 9.49. The smallest absolute Gasteiger partial charge is 0.352 e. The van der Waals surface area contributed by atoms with Crippen LogP contribution in [0.5, 0.6) is 0 Å². The van der Waals surface area contributed by atoms with E-state index in [0.717, 1.165) is 29.5 Å². The number of hydrogen-bond donors (Lipinski definition) is 2. The van der Waals surface area contributed by atoms with E-state index in [4.69, 9.17) is 0 Å². The molecule has 0 atom stereocenters. The molecule has 0 bridgehead atoms. The zero-order valence-electron chi connectivity index (χ0n) is 17.6. The van der Waals surface area contributed by atoms with Crippen molar-refractivity contribution >= 4 is 27.2 Å². The summed E-state index contributed by atoms with van der Waals surface area (Å²) >= 11 is 0. The van der Waals surface area contributed by atoms with Crippen molar-refractivity contribution < 1.29 is 26.4 Å². The molecule has 7 nitrogen and oxygen atoms in total. The van der Waals surface area contributed by atoms with Gasteiger partial charge in [-0.1, -0.05) is 36.9 Å². The summed E-state index contributed by atoms with van der Waals surface area (Å²) in [6, 6.07) is 11.5. The van der Waals surface area contributed by atoms with Crippen molar-refractivity contribution in [2.45, 2.75) is 17.5 Å². The standard InChI is InChI=1S/C22H21F3N4O3S/c1-15(16-6-4-3-5-7-16)10-11-26-21(30)19-9-8-17(22(23,24)25)12-20(19)28-33(31,32)18-13-27-29(2)14-18/h3-9,12-14,28H,1,10-11H2,2H3,(H,26,30). The van der Waals surface area contributed by atoms with Crippen molar-refractivity contribution in [3.05, 3.63) is 84.2 Å². The van der Waals surface area contributed by atoms with Crippen molar-refractivity contribution in [1.82, 2.24) is 15.1 Å². The van der Waals surface area contributed by atoms with Gasteiger partial charge in [-0.3, -0.25) is 14.2 Å². The van der Waals surface area contributed by atoms with E-state index in [0.29, 0.717) is 12.5 Å². The molecule has 0 spiro atoms. The number of sulfonamides is 1. The first kappa shape index (κ1) is 24.1. The summed E-state index contributed by atoms with van der Waals surface area (Å²) in [6.07, 6.45) is -2.10. The second-order valence-electron chi connectivity index (χ2n) is 7.19. The maximum atomic E-state index is 13.2. The van der Waals surface area contributed by atoms with Gasteiger partial charge in [-0.2, -0.15) is 18.3 Å². The molecule has 3 aromatic rings. The Balaban J connectivity index is 1.81. The number of halogens is 3. The third kappa shape index (κ3) is 6.01. The Kier molecular flexibility index (Phi) is 6.92. The molecule has 1 amide bonds. The SMILES string of the molecule is C=C(CCNC(=O)c1ccc(C(F)(F)F)cc1NS(=O)(=O)c1cnn(C)c1)c1ccccc1. The maximum absolute atomic E-state index is 13.2. The molecule has 0 radical (unpaired) electrons. The number of carbonyl (C=O) groups excluding carboxylic acids is 1. The number of amides is 1. The van der Waals surface area contributed by atoms with Gasteiger partial charge < -0.3 is 5.32 Å². The van der Waals surface area contributed by atoms with Crippen LogP contribution in [0.4, 0.5) is 18.9 Å². The summed E-state index contributed by atoms with van der Waals surface area (Å²) in [4.78, 5) is 12.4. The number of benzene rings is 2. The van der Waals surface area contributed by atoms with Gasteiger partial charge in [0.05, 0.1) is 23.0 Å². The van der Waals surface area contributed by atoms with E-state index in [9.17, 15) is 26.4 Å². The molecule has 33 heavy (non-hydrogen) atoms. The van der Waals surface area contributed by atoms with Gasteiger partial charge in [0.2, 0.25) is 0 Å². The summed E-state index contributed by atoms with van der Waals surface area (Å²) in [6.45, 7) is 4.11. The zero-order valence-corrected chi connectivity index (χ0v) is 18.4. The quantitative estimate of drug-likeness (QED) is 0.511. The van der Waals surface area contributed by atoms with Crippen LogP contribution < -0.4 is 10.0 Å². The van der Waals surface area contributed by atoms with Crippen LogP contribution in [-0.4, -0.2) is 30.7 Å². The highest BCUT2D eigenvalue weighted by atomic mass is 32.2. The molecule has 174 valence electrons. The molecule has 11 heteroatoms. The maximum Gasteiger partial charge on any atom is 0.416 e. The largest absolute Gasteiger partial charge is 0.416 e. The molecular formula is C22H21F3N4O3S. The molecule has 0 aliphatic heterocycles. The molecule has 0 saturated heterocycles. The minimum Gasteiger partial charge on any atom is -0.352 e. The van der Waals surface area contributed by atoms with E-state index in [1.165, 1.54) is 17.9 Å². The summed E-state index contributed by atoms with van der Waals surface area (Å²) in [7, 11) is -2.78. The molecule has 2 N–H and O–H groups in total. The Morgan fingerprint density at radius 2 is 1.85 bits per heavy atom. The topological polar surface area (TPSA) is 93.1 Å². The lowest BCUT2D eigenvalue weighted by Crippen LogP contribution is -2.26. The summed E-state index contributed by atoms with van der Waals surface area (Å²) < 4.78 is 68.2.